The summed E-state index contributed by atoms with van der Waals surface area (Å²) in [5.74, 6) is 1.13. The number of para-hydroxylation sites is 2. The monoisotopic (exact) mass is 511 g/mol. The van der Waals surface area contributed by atoms with Crippen molar-refractivity contribution in [2.24, 2.45) is 11.8 Å². The van der Waals surface area contributed by atoms with Gasteiger partial charge in [-0.3, -0.25) is 0 Å². The number of quaternary nitrogens is 1. The zero-order chi connectivity index (χ0) is 22.4. The summed E-state index contributed by atoms with van der Waals surface area (Å²) in [5, 5.41) is 11.7. The van der Waals surface area contributed by atoms with Gasteiger partial charge in [0.05, 0.1) is 6.04 Å². The van der Waals surface area contributed by atoms with E-state index in [1.54, 1.807) is 43.3 Å². The van der Waals surface area contributed by atoms with Gasteiger partial charge in [0.2, 0.25) is 5.60 Å². The van der Waals surface area contributed by atoms with Crippen LogP contribution in [0.1, 0.15) is 37.3 Å². The maximum Gasteiger partial charge on any atom is 0.348 e. The molecule has 0 spiro atoms. The number of fused-ring (bicyclic) bond motifs is 4. The van der Waals surface area contributed by atoms with E-state index in [1.165, 1.54) is 0 Å². The number of carbonyl (C=O) groups is 1. The largest absolute Gasteiger partial charge is 0.459 e. The van der Waals surface area contributed by atoms with Gasteiger partial charge in [0.1, 0.15) is 17.6 Å². The summed E-state index contributed by atoms with van der Waals surface area (Å²) in [6, 6.07) is 14.6. The third kappa shape index (κ3) is 4.07. The first kappa shape index (κ1) is 25.4. The topological polar surface area (TPSA) is 55.8 Å². The second-order valence-electron chi connectivity index (χ2n) is 9.25. The smallest absolute Gasteiger partial charge is 0.348 e. The van der Waals surface area contributed by atoms with Crippen LogP contribution in [0.5, 0.6) is 11.5 Å². The Morgan fingerprint density at radius 3 is 2.09 bits per heavy atom. The molecule has 32 heavy (non-hydrogen) atoms. The van der Waals surface area contributed by atoms with E-state index in [9.17, 15) is 9.90 Å². The fourth-order valence-electron chi connectivity index (χ4n) is 5.87. The van der Waals surface area contributed by atoms with Crippen molar-refractivity contribution in [3.8, 4) is 11.5 Å². The standard InChI is InChI=1S/C24H27NO4.C2H5.Y/c1-25(2,3)22-15-12-13-16(22)21(14-15)29-23(26)24(27)17-8-4-6-10-19(17)28-20-11-7-5-9-18(20)24;1-2;/h4-11,15-16,21-22,27H,1,12-14H2,2-3H3;1H2,2H3;/q;-1;. The summed E-state index contributed by atoms with van der Waals surface area (Å²) in [6.07, 6.45) is 2.86. The molecule has 2 fully saturated rings. The van der Waals surface area contributed by atoms with Crippen LogP contribution in [-0.2, 0) is 47.8 Å². The minimum atomic E-state index is -1.88. The van der Waals surface area contributed by atoms with E-state index in [2.05, 4.69) is 28.1 Å². The molecule has 0 aromatic heterocycles. The Morgan fingerprint density at radius 1 is 1.06 bits per heavy atom. The Hall–Kier alpha value is -1.27. The maximum absolute atomic E-state index is 13.5. The van der Waals surface area contributed by atoms with Gasteiger partial charge in [0.15, 0.2) is 0 Å². The van der Waals surface area contributed by atoms with Crippen molar-refractivity contribution >= 4 is 5.97 Å². The van der Waals surface area contributed by atoms with Gasteiger partial charge < -0.3 is 26.0 Å². The minimum absolute atomic E-state index is 0. The molecule has 2 aliphatic carbocycles. The van der Waals surface area contributed by atoms with Crippen LogP contribution in [0, 0.1) is 25.8 Å². The average Bonchev–Trinajstić information content (AvgIpc) is 3.34. The molecule has 1 heterocycles. The van der Waals surface area contributed by atoms with E-state index in [4.69, 9.17) is 9.47 Å². The number of hydrogen-bond acceptors (Lipinski definition) is 4. The van der Waals surface area contributed by atoms with Gasteiger partial charge >= 0.3 is 5.97 Å². The Bertz CT molecular complexity index is 925. The van der Waals surface area contributed by atoms with Crippen molar-refractivity contribution in [1.29, 1.82) is 0 Å². The first-order chi connectivity index (χ1) is 14.8. The first-order valence-corrected chi connectivity index (χ1v) is 11.0. The normalized spacial score (nSPS) is 26.4. The molecule has 4 atom stereocenters. The zero-order valence-corrected chi connectivity index (χ0v) is 22.0. The predicted octanol–water partition coefficient (Wildman–Crippen LogP) is 4.44. The number of carbonyl (C=O) groups excluding carboxylic acids is 1. The Kier molecular flexibility index (Phi) is 7.56. The zero-order valence-electron chi connectivity index (χ0n) is 19.2. The van der Waals surface area contributed by atoms with Crippen LogP contribution in [0.3, 0.4) is 0 Å². The van der Waals surface area contributed by atoms with Crippen molar-refractivity contribution in [1.82, 2.24) is 0 Å². The summed E-state index contributed by atoms with van der Waals surface area (Å²) in [5.41, 5.74) is -1.02. The van der Waals surface area contributed by atoms with Gasteiger partial charge in [-0.15, -0.1) is 7.05 Å². The number of rotatable bonds is 3. The second kappa shape index (κ2) is 9.54. The molecule has 5 nitrogen and oxygen atoms in total. The third-order valence-electron chi connectivity index (χ3n) is 6.94. The van der Waals surface area contributed by atoms with Crippen LogP contribution in [0.4, 0.5) is 0 Å². The fraction of sp³-hybridized carbons (Fsp3) is 0.423. The quantitative estimate of drug-likeness (QED) is 0.376. The minimum Gasteiger partial charge on any atom is -0.459 e. The number of esters is 1. The number of aliphatic hydroxyl groups is 1. The van der Waals surface area contributed by atoms with Crippen LogP contribution >= 0.6 is 0 Å². The van der Waals surface area contributed by atoms with E-state index < -0.39 is 11.6 Å². The number of ether oxygens (including phenoxy) is 2. The van der Waals surface area contributed by atoms with Crippen LogP contribution < -0.4 is 4.74 Å². The molecule has 0 saturated heterocycles. The number of hydrogen-bond donors (Lipinski definition) is 1. The summed E-state index contributed by atoms with van der Waals surface area (Å²) >= 11 is 0. The molecule has 4 unspecified atom stereocenters. The van der Waals surface area contributed by atoms with Gasteiger partial charge in [0, 0.05) is 69.8 Å². The third-order valence-corrected chi connectivity index (χ3v) is 6.94. The molecule has 1 aliphatic heterocycles. The van der Waals surface area contributed by atoms with Crippen molar-refractivity contribution in [3.05, 3.63) is 73.6 Å². The van der Waals surface area contributed by atoms with Crippen molar-refractivity contribution < 1.29 is 56.6 Å². The van der Waals surface area contributed by atoms with Crippen molar-refractivity contribution in [2.75, 3.05) is 14.1 Å². The molecular weight excluding hydrogens is 479 g/mol. The average molecular weight is 511 g/mol. The molecule has 2 bridgehead atoms. The van der Waals surface area contributed by atoms with E-state index in [0.29, 0.717) is 39.1 Å². The van der Waals surface area contributed by atoms with E-state index in [1.807, 2.05) is 12.1 Å². The maximum atomic E-state index is 13.5. The Balaban J connectivity index is 0.000000938. The molecular formula is C26H32NO4Y-. The van der Waals surface area contributed by atoms with E-state index in [0.717, 1.165) is 19.3 Å². The molecule has 3 aliphatic rings. The molecule has 1 radical (unpaired) electrons. The van der Waals surface area contributed by atoms with Crippen LogP contribution in [0.25, 0.3) is 0 Å². The SMILES string of the molecule is [CH2-]C.[CH2-][N+](C)(C)C1C2CCC1C(OC(=O)C1(O)c3ccccc3Oc3ccccc31)C2.[Y]. The van der Waals surface area contributed by atoms with E-state index in [-0.39, 0.29) is 44.7 Å². The molecule has 1 N–H and O–H groups in total. The molecule has 169 valence electrons. The van der Waals surface area contributed by atoms with Crippen molar-refractivity contribution in [3.63, 3.8) is 0 Å². The number of benzene rings is 2. The molecule has 2 aromatic rings. The molecule has 2 saturated carbocycles. The molecule has 0 amide bonds. The van der Waals surface area contributed by atoms with Gasteiger partial charge in [-0.2, -0.15) is 6.92 Å². The van der Waals surface area contributed by atoms with Crippen LogP contribution in [0.2, 0.25) is 0 Å². The van der Waals surface area contributed by atoms with Crippen LogP contribution in [-0.4, -0.2) is 41.8 Å². The fourth-order valence-corrected chi connectivity index (χ4v) is 5.87. The van der Waals surface area contributed by atoms with Gasteiger partial charge in [-0.05, 0) is 31.4 Å². The second-order valence-corrected chi connectivity index (χ2v) is 9.25. The van der Waals surface area contributed by atoms with Gasteiger partial charge in [0.25, 0.3) is 0 Å². The van der Waals surface area contributed by atoms with Gasteiger partial charge in [-0.25, -0.2) is 4.79 Å². The molecule has 6 heteroatoms. The Morgan fingerprint density at radius 2 is 1.59 bits per heavy atom. The van der Waals surface area contributed by atoms with Crippen molar-refractivity contribution in [2.45, 2.75) is 43.9 Å². The van der Waals surface area contributed by atoms with Crippen LogP contribution in [0.15, 0.2) is 48.5 Å². The van der Waals surface area contributed by atoms with E-state index >= 15 is 0 Å². The first-order valence-electron chi connectivity index (χ1n) is 11.0. The molecule has 5 rings (SSSR count). The summed E-state index contributed by atoms with van der Waals surface area (Å²) in [4.78, 5) is 13.5. The molecule has 2 aromatic carbocycles. The summed E-state index contributed by atoms with van der Waals surface area (Å²) in [6.45, 7) is 5.00. The Labute approximate surface area is 216 Å². The summed E-state index contributed by atoms with van der Waals surface area (Å²) in [7, 11) is 8.52. The predicted molar refractivity (Wildman–Crippen MR) is 119 cm³/mol. The summed E-state index contributed by atoms with van der Waals surface area (Å²) < 4.78 is 12.6. The number of nitrogens with zero attached hydrogens (tertiary/aromatic N) is 1. The van der Waals surface area contributed by atoms with Gasteiger partial charge in [-0.1, -0.05) is 36.4 Å².